The Morgan fingerprint density at radius 1 is 1.07 bits per heavy atom. The molecule has 0 saturated carbocycles. The first kappa shape index (κ1) is 20.9. The summed E-state index contributed by atoms with van der Waals surface area (Å²) < 4.78 is 28.0. The molecular formula is C23H32N2O2S. The molecule has 4 nitrogen and oxygen atoms in total. The fourth-order valence-corrected chi connectivity index (χ4v) is 4.99. The van der Waals surface area contributed by atoms with Gasteiger partial charge in [0.25, 0.3) is 10.0 Å². The molecule has 0 aliphatic carbocycles. The Kier molecular flexibility index (Phi) is 6.78. The van der Waals surface area contributed by atoms with Crippen molar-refractivity contribution >= 4 is 15.7 Å². The van der Waals surface area contributed by atoms with E-state index in [0.717, 1.165) is 18.5 Å². The Hall–Kier alpha value is -1.85. The molecule has 0 radical (unpaired) electrons. The van der Waals surface area contributed by atoms with E-state index >= 15 is 0 Å². The molecule has 1 aliphatic rings. The summed E-state index contributed by atoms with van der Waals surface area (Å²) in [5.41, 5.74) is 3.00. The fraction of sp³-hybridized carbons (Fsp3) is 0.478. The number of anilines is 1. The van der Waals surface area contributed by atoms with E-state index in [-0.39, 0.29) is 0 Å². The van der Waals surface area contributed by atoms with Crippen LogP contribution in [0.25, 0.3) is 0 Å². The van der Waals surface area contributed by atoms with Gasteiger partial charge in [-0.25, -0.2) is 8.42 Å². The van der Waals surface area contributed by atoms with Gasteiger partial charge in [0.2, 0.25) is 0 Å². The smallest absolute Gasteiger partial charge is 0.261 e. The number of hydrogen-bond acceptors (Lipinski definition) is 3. The molecule has 3 rings (SSSR count). The predicted octanol–water partition coefficient (Wildman–Crippen LogP) is 5.03. The second-order valence-corrected chi connectivity index (χ2v) is 9.74. The van der Waals surface area contributed by atoms with E-state index in [1.54, 1.807) is 12.1 Å². The summed E-state index contributed by atoms with van der Waals surface area (Å²) in [6.45, 7) is 8.78. The monoisotopic (exact) mass is 400 g/mol. The third-order valence-electron chi connectivity index (χ3n) is 5.54. The van der Waals surface area contributed by atoms with E-state index in [1.165, 1.54) is 31.4 Å². The van der Waals surface area contributed by atoms with Crippen LogP contribution in [0.3, 0.4) is 0 Å². The van der Waals surface area contributed by atoms with Gasteiger partial charge in [-0.2, -0.15) is 0 Å². The first-order valence-corrected chi connectivity index (χ1v) is 11.8. The first-order valence-electron chi connectivity index (χ1n) is 10.3. The van der Waals surface area contributed by atoms with Gasteiger partial charge in [0, 0.05) is 11.7 Å². The highest BCUT2D eigenvalue weighted by Crippen LogP contribution is 2.23. The number of likely N-dealkylation sites (tertiary alicyclic amines) is 1. The zero-order valence-electron chi connectivity index (χ0n) is 17.2. The Balaban J connectivity index is 1.64. The molecule has 1 fully saturated rings. The van der Waals surface area contributed by atoms with Crippen molar-refractivity contribution in [2.75, 3.05) is 17.8 Å². The maximum atomic E-state index is 12.6. The summed E-state index contributed by atoms with van der Waals surface area (Å²) in [6, 6.07) is 15.6. The van der Waals surface area contributed by atoms with Crippen molar-refractivity contribution in [1.82, 2.24) is 4.90 Å². The van der Waals surface area contributed by atoms with Crippen molar-refractivity contribution in [1.29, 1.82) is 0 Å². The molecule has 1 heterocycles. The van der Waals surface area contributed by atoms with Crippen molar-refractivity contribution in [3.8, 4) is 0 Å². The van der Waals surface area contributed by atoms with Crippen molar-refractivity contribution in [3.05, 3.63) is 59.7 Å². The lowest BCUT2D eigenvalue weighted by molar-refractivity contribution is 0.253. The molecule has 0 spiro atoms. The van der Waals surface area contributed by atoms with Crippen LogP contribution in [0, 0.1) is 0 Å². The molecule has 1 saturated heterocycles. The minimum atomic E-state index is -3.57. The van der Waals surface area contributed by atoms with Gasteiger partial charge in [-0.15, -0.1) is 0 Å². The standard InChI is InChI=1S/C23H32N2O2S/c1-4-15-25-16-5-6-22(25)17-19-7-11-21(12-8-19)24-28(26,27)23-13-9-20(10-14-23)18(2)3/h7-14,18,22,24H,4-6,15-17H2,1-3H3. The third kappa shape index (κ3) is 5.15. The number of nitrogens with zero attached hydrogens (tertiary/aromatic N) is 1. The van der Waals surface area contributed by atoms with Crippen LogP contribution in [-0.4, -0.2) is 32.4 Å². The summed E-state index contributed by atoms with van der Waals surface area (Å²) in [6.07, 6.45) is 4.75. The minimum absolute atomic E-state index is 0.294. The Bertz CT molecular complexity index is 858. The number of sulfonamides is 1. The van der Waals surface area contributed by atoms with Gasteiger partial charge in [-0.05, 0) is 80.1 Å². The highest BCUT2D eigenvalue weighted by atomic mass is 32.2. The van der Waals surface area contributed by atoms with Gasteiger partial charge >= 0.3 is 0 Å². The normalized spacial score (nSPS) is 17.9. The van der Waals surface area contributed by atoms with Crippen LogP contribution >= 0.6 is 0 Å². The highest BCUT2D eigenvalue weighted by molar-refractivity contribution is 7.92. The SMILES string of the molecule is CCCN1CCCC1Cc1ccc(NS(=O)(=O)c2ccc(C(C)C)cc2)cc1. The molecule has 5 heteroatoms. The first-order chi connectivity index (χ1) is 13.4. The molecule has 2 aromatic rings. The lowest BCUT2D eigenvalue weighted by atomic mass is 10.0. The van der Waals surface area contributed by atoms with Crippen LogP contribution < -0.4 is 4.72 Å². The van der Waals surface area contributed by atoms with Gasteiger partial charge in [-0.3, -0.25) is 4.72 Å². The van der Waals surface area contributed by atoms with E-state index in [1.807, 2.05) is 36.4 Å². The van der Waals surface area contributed by atoms with Gasteiger partial charge in [0.15, 0.2) is 0 Å². The van der Waals surface area contributed by atoms with Crippen molar-refractivity contribution in [2.24, 2.45) is 0 Å². The van der Waals surface area contributed by atoms with E-state index in [0.29, 0.717) is 22.5 Å². The Morgan fingerprint density at radius 2 is 1.75 bits per heavy atom. The maximum Gasteiger partial charge on any atom is 0.261 e. The van der Waals surface area contributed by atoms with Crippen LogP contribution in [0.4, 0.5) is 5.69 Å². The number of benzene rings is 2. The van der Waals surface area contributed by atoms with Gasteiger partial charge in [0.1, 0.15) is 0 Å². The number of rotatable bonds is 8. The lowest BCUT2D eigenvalue weighted by Crippen LogP contribution is -2.31. The quantitative estimate of drug-likeness (QED) is 0.676. The molecule has 1 unspecified atom stereocenters. The molecule has 0 bridgehead atoms. The fourth-order valence-electron chi connectivity index (χ4n) is 3.93. The minimum Gasteiger partial charge on any atom is -0.300 e. The molecule has 2 aromatic carbocycles. The molecule has 28 heavy (non-hydrogen) atoms. The second-order valence-electron chi connectivity index (χ2n) is 8.06. The Labute approximate surface area is 170 Å². The molecule has 1 aliphatic heterocycles. The molecule has 0 aromatic heterocycles. The van der Waals surface area contributed by atoms with E-state index in [2.05, 4.69) is 30.4 Å². The van der Waals surface area contributed by atoms with Crippen molar-refractivity contribution < 1.29 is 8.42 Å². The summed E-state index contributed by atoms with van der Waals surface area (Å²) in [5.74, 6) is 0.380. The van der Waals surface area contributed by atoms with Crippen molar-refractivity contribution in [2.45, 2.75) is 63.3 Å². The molecule has 1 atom stereocenters. The summed E-state index contributed by atoms with van der Waals surface area (Å²) in [4.78, 5) is 2.87. The third-order valence-corrected chi connectivity index (χ3v) is 6.94. The van der Waals surface area contributed by atoms with Gasteiger partial charge in [0.05, 0.1) is 4.90 Å². The summed E-state index contributed by atoms with van der Waals surface area (Å²) in [5, 5.41) is 0. The van der Waals surface area contributed by atoms with Gasteiger partial charge in [-0.1, -0.05) is 45.0 Å². The summed E-state index contributed by atoms with van der Waals surface area (Å²) >= 11 is 0. The predicted molar refractivity (Wildman–Crippen MR) is 116 cm³/mol. The molecule has 1 N–H and O–H groups in total. The van der Waals surface area contributed by atoms with E-state index in [4.69, 9.17) is 0 Å². The Morgan fingerprint density at radius 3 is 2.36 bits per heavy atom. The number of nitrogens with one attached hydrogen (secondary N) is 1. The highest BCUT2D eigenvalue weighted by Gasteiger charge is 2.23. The van der Waals surface area contributed by atoms with E-state index < -0.39 is 10.0 Å². The zero-order chi connectivity index (χ0) is 20.1. The number of hydrogen-bond donors (Lipinski definition) is 1. The molecular weight excluding hydrogens is 368 g/mol. The van der Waals surface area contributed by atoms with Crippen LogP contribution in [0.1, 0.15) is 57.1 Å². The largest absolute Gasteiger partial charge is 0.300 e. The lowest BCUT2D eigenvalue weighted by Gasteiger charge is -2.24. The second kappa shape index (κ2) is 9.10. The average molecular weight is 401 g/mol. The van der Waals surface area contributed by atoms with Crippen LogP contribution in [-0.2, 0) is 16.4 Å². The van der Waals surface area contributed by atoms with Crippen LogP contribution in [0.2, 0.25) is 0 Å². The van der Waals surface area contributed by atoms with Gasteiger partial charge < -0.3 is 4.90 Å². The topological polar surface area (TPSA) is 49.4 Å². The van der Waals surface area contributed by atoms with Crippen LogP contribution in [0.5, 0.6) is 0 Å². The zero-order valence-corrected chi connectivity index (χ0v) is 18.0. The maximum absolute atomic E-state index is 12.6. The van der Waals surface area contributed by atoms with Crippen LogP contribution in [0.15, 0.2) is 53.4 Å². The average Bonchev–Trinajstić information content (AvgIpc) is 3.10. The van der Waals surface area contributed by atoms with E-state index in [9.17, 15) is 8.42 Å². The summed E-state index contributed by atoms with van der Waals surface area (Å²) in [7, 11) is -3.57. The molecule has 152 valence electrons. The van der Waals surface area contributed by atoms with Crippen molar-refractivity contribution in [3.63, 3.8) is 0 Å². The molecule has 0 amide bonds.